The van der Waals surface area contributed by atoms with Crippen LogP contribution in [0.3, 0.4) is 0 Å². The largest absolute Gasteiger partial charge is 0.330 e. The van der Waals surface area contributed by atoms with Gasteiger partial charge >= 0.3 is 0 Å². The van der Waals surface area contributed by atoms with Crippen LogP contribution < -0.4 is 5.73 Å². The van der Waals surface area contributed by atoms with Crippen molar-refractivity contribution in [3.05, 3.63) is 52.8 Å². The zero-order valence-electron chi connectivity index (χ0n) is 12.8. The van der Waals surface area contributed by atoms with Gasteiger partial charge in [-0.05, 0) is 37.9 Å². The minimum Gasteiger partial charge on any atom is -0.330 e. The quantitative estimate of drug-likeness (QED) is 0.795. The number of carbonyl (C=O) groups is 1. The van der Waals surface area contributed by atoms with E-state index >= 15 is 0 Å². The predicted octanol–water partition coefficient (Wildman–Crippen LogP) is 2.39. The highest BCUT2D eigenvalue weighted by Gasteiger charge is 2.14. The lowest BCUT2D eigenvalue weighted by molar-refractivity contribution is 0.0989. The number of hydrogen-bond donors (Lipinski definition) is 1. The number of nitrogens with zero attached hydrogens (tertiary/aromatic N) is 2. The number of nitrogens with two attached hydrogens (primary N) is 1. The molecule has 0 radical (unpaired) electrons. The van der Waals surface area contributed by atoms with Gasteiger partial charge in [-0.2, -0.15) is 5.10 Å². The third kappa shape index (κ3) is 3.58. The second-order valence-corrected chi connectivity index (χ2v) is 5.09. The Morgan fingerprint density at radius 2 is 2.05 bits per heavy atom. The molecule has 0 amide bonds. The average molecular weight is 285 g/mol. The number of Topliss-reactive ketones (excluding diaryl/α,β-unsaturated/α-hetero) is 1. The monoisotopic (exact) mass is 285 g/mol. The van der Waals surface area contributed by atoms with Gasteiger partial charge in [-0.1, -0.05) is 31.2 Å². The predicted molar refractivity (Wildman–Crippen MR) is 84.5 cm³/mol. The van der Waals surface area contributed by atoms with Crippen LogP contribution in [0.2, 0.25) is 0 Å². The molecule has 0 unspecified atom stereocenters. The number of hydrogen-bond acceptors (Lipinski definition) is 3. The molecule has 0 saturated heterocycles. The molecule has 0 aliphatic rings. The Morgan fingerprint density at radius 1 is 1.29 bits per heavy atom. The lowest BCUT2D eigenvalue weighted by atomic mass is 9.98. The Hall–Kier alpha value is -1.94. The summed E-state index contributed by atoms with van der Waals surface area (Å²) in [5.74, 6) is 0.135. The van der Waals surface area contributed by atoms with Gasteiger partial charge in [0.25, 0.3) is 0 Å². The fourth-order valence-electron chi connectivity index (χ4n) is 2.53. The Labute approximate surface area is 126 Å². The molecule has 0 spiro atoms. The number of benzene rings is 1. The first-order valence-electron chi connectivity index (χ1n) is 7.56. The van der Waals surface area contributed by atoms with Crippen LogP contribution in [0.5, 0.6) is 0 Å². The van der Waals surface area contributed by atoms with Crippen LogP contribution in [0.4, 0.5) is 0 Å². The summed E-state index contributed by atoms with van der Waals surface area (Å²) in [7, 11) is 0. The number of carbonyl (C=O) groups excluding carboxylic acids is 1. The van der Waals surface area contributed by atoms with E-state index in [1.807, 2.05) is 41.9 Å². The highest BCUT2D eigenvalue weighted by atomic mass is 16.1. The van der Waals surface area contributed by atoms with Crippen molar-refractivity contribution >= 4 is 5.78 Å². The molecule has 0 bridgehead atoms. The highest BCUT2D eigenvalue weighted by molar-refractivity contribution is 5.98. The number of aryl methyl sites for hydroxylation is 2. The van der Waals surface area contributed by atoms with Gasteiger partial charge in [0.05, 0.1) is 12.1 Å². The van der Waals surface area contributed by atoms with Gasteiger partial charge in [-0.15, -0.1) is 0 Å². The zero-order valence-corrected chi connectivity index (χ0v) is 12.8. The van der Waals surface area contributed by atoms with E-state index in [1.54, 1.807) is 0 Å². The molecule has 1 aromatic heterocycles. The molecule has 0 fully saturated rings. The molecule has 2 aromatic rings. The Morgan fingerprint density at radius 3 is 2.71 bits per heavy atom. The van der Waals surface area contributed by atoms with Crippen LogP contribution in [0.1, 0.15) is 41.2 Å². The van der Waals surface area contributed by atoms with Crippen molar-refractivity contribution < 1.29 is 4.79 Å². The molecule has 1 heterocycles. The van der Waals surface area contributed by atoms with E-state index in [1.165, 1.54) is 0 Å². The summed E-state index contributed by atoms with van der Waals surface area (Å²) in [6.45, 7) is 5.46. The molecule has 112 valence electrons. The Balaban J connectivity index is 2.24. The van der Waals surface area contributed by atoms with Crippen molar-refractivity contribution in [3.63, 3.8) is 0 Å². The lowest BCUT2D eigenvalue weighted by Crippen LogP contribution is -2.13. The van der Waals surface area contributed by atoms with Crippen LogP contribution in [-0.2, 0) is 25.8 Å². The first-order valence-corrected chi connectivity index (χ1v) is 7.56. The zero-order chi connectivity index (χ0) is 15.2. The summed E-state index contributed by atoms with van der Waals surface area (Å²) in [5.41, 5.74) is 9.46. The van der Waals surface area contributed by atoms with Crippen molar-refractivity contribution in [2.45, 2.75) is 39.7 Å². The highest BCUT2D eigenvalue weighted by Crippen LogP contribution is 2.14. The summed E-state index contributed by atoms with van der Waals surface area (Å²) in [4.78, 5) is 12.6. The third-order valence-corrected chi connectivity index (χ3v) is 3.65. The molecule has 4 nitrogen and oxygen atoms in total. The molecule has 0 saturated carbocycles. The van der Waals surface area contributed by atoms with Crippen LogP contribution in [0.25, 0.3) is 0 Å². The number of aromatic nitrogens is 2. The van der Waals surface area contributed by atoms with Gasteiger partial charge in [0, 0.05) is 17.8 Å². The second-order valence-electron chi connectivity index (χ2n) is 5.09. The fourth-order valence-corrected chi connectivity index (χ4v) is 2.53. The molecule has 21 heavy (non-hydrogen) atoms. The van der Waals surface area contributed by atoms with Crippen LogP contribution >= 0.6 is 0 Å². The average Bonchev–Trinajstić information content (AvgIpc) is 2.90. The normalized spacial score (nSPS) is 10.8. The van der Waals surface area contributed by atoms with Crippen molar-refractivity contribution in [2.75, 3.05) is 6.54 Å². The smallest absolute Gasteiger partial charge is 0.169 e. The van der Waals surface area contributed by atoms with E-state index in [2.05, 4.69) is 12.0 Å². The number of rotatable bonds is 7. The SMILES string of the molecule is CCc1cc(CC(=O)c2ccccc2CCN)n(CC)n1. The van der Waals surface area contributed by atoms with Crippen molar-refractivity contribution in [2.24, 2.45) is 5.73 Å². The minimum atomic E-state index is 0.135. The van der Waals surface area contributed by atoms with Crippen LogP contribution in [0.15, 0.2) is 30.3 Å². The maximum Gasteiger partial charge on any atom is 0.169 e. The maximum absolute atomic E-state index is 12.6. The van der Waals surface area contributed by atoms with E-state index in [0.29, 0.717) is 13.0 Å². The van der Waals surface area contributed by atoms with Gasteiger partial charge < -0.3 is 5.73 Å². The van der Waals surface area contributed by atoms with Crippen molar-refractivity contribution in [3.8, 4) is 0 Å². The van der Waals surface area contributed by atoms with Gasteiger partial charge in [-0.25, -0.2) is 0 Å². The van der Waals surface area contributed by atoms with E-state index in [-0.39, 0.29) is 5.78 Å². The second kappa shape index (κ2) is 7.18. The third-order valence-electron chi connectivity index (χ3n) is 3.65. The van der Waals surface area contributed by atoms with Gasteiger partial charge in [0.2, 0.25) is 0 Å². The van der Waals surface area contributed by atoms with Crippen molar-refractivity contribution in [1.82, 2.24) is 9.78 Å². The van der Waals surface area contributed by atoms with E-state index < -0.39 is 0 Å². The van der Waals surface area contributed by atoms with Crippen LogP contribution in [0, 0.1) is 0 Å². The first-order chi connectivity index (χ1) is 10.2. The number of ketones is 1. The van der Waals surface area contributed by atoms with Gasteiger partial charge in [0.1, 0.15) is 0 Å². The van der Waals surface area contributed by atoms with Crippen LogP contribution in [-0.4, -0.2) is 22.1 Å². The topological polar surface area (TPSA) is 60.9 Å². The molecule has 0 aliphatic carbocycles. The lowest BCUT2D eigenvalue weighted by Gasteiger charge is -2.08. The first kappa shape index (κ1) is 15.4. The van der Waals surface area contributed by atoms with Gasteiger partial charge in [-0.3, -0.25) is 9.48 Å². The summed E-state index contributed by atoms with van der Waals surface area (Å²) in [6, 6.07) is 9.76. The summed E-state index contributed by atoms with van der Waals surface area (Å²) < 4.78 is 1.92. The summed E-state index contributed by atoms with van der Waals surface area (Å²) in [6.07, 6.45) is 2.01. The summed E-state index contributed by atoms with van der Waals surface area (Å²) >= 11 is 0. The molecule has 0 atom stereocenters. The van der Waals surface area contributed by atoms with Crippen molar-refractivity contribution in [1.29, 1.82) is 0 Å². The fraction of sp³-hybridized carbons (Fsp3) is 0.412. The van der Waals surface area contributed by atoms with E-state index in [4.69, 9.17) is 5.73 Å². The molecule has 2 N–H and O–H groups in total. The molecule has 4 heteroatoms. The summed E-state index contributed by atoms with van der Waals surface area (Å²) in [5, 5.41) is 4.50. The maximum atomic E-state index is 12.6. The standard InChI is InChI=1S/C17H23N3O/c1-3-14-11-15(20(4-2)19-14)12-17(21)16-8-6-5-7-13(16)9-10-18/h5-8,11H,3-4,9-10,12,18H2,1-2H3. The molecular weight excluding hydrogens is 262 g/mol. The van der Waals surface area contributed by atoms with Gasteiger partial charge in [0.15, 0.2) is 5.78 Å². The Bertz CT molecular complexity index is 616. The van der Waals surface area contributed by atoms with E-state index in [0.717, 1.165) is 41.9 Å². The molecular formula is C17H23N3O. The van der Waals surface area contributed by atoms with E-state index in [9.17, 15) is 4.79 Å². The molecule has 2 rings (SSSR count). The Kier molecular flexibility index (Phi) is 5.28. The molecule has 0 aliphatic heterocycles. The molecule has 1 aromatic carbocycles. The minimum absolute atomic E-state index is 0.135.